The molecule has 0 aliphatic rings. The first-order valence-corrected chi connectivity index (χ1v) is 6.03. The molecular formula is C14H12ClF2NO. The third kappa shape index (κ3) is 3.03. The SMILES string of the molecule is C[C@H](N)c1ccc(Oc2cccc(F)c2F)c(Cl)c1. The van der Waals surface area contributed by atoms with Crippen LogP contribution in [0.5, 0.6) is 11.5 Å². The Kier molecular flexibility index (Phi) is 4.02. The number of halogens is 3. The van der Waals surface area contributed by atoms with Crippen molar-refractivity contribution in [1.29, 1.82) is 0 Å². The van der Waals surface area contributed by atoms with Crippen molar-refractivity contribution in [2.75, 3.05) is 0 Å². The topological polar surface area (TPSA) is 35.2 Å². The summed E-state index contributed by atoms with van der Waals surface area (Å²) in [6, 6.07) is 8.47. The summed E-state index contributed by atoms with van der Waals surface area (Å²) in [7, 11) is 0. The Labute approximate surface area is 114 Å². The zero-order chi connectivity index (χ0) is 14.0. The highest BCUT2D eigenvalue weighted by Crippen LogP contribution is 2.32. The fourth-order valence-electron chi connectivity index (χ4n) is 1.56. The van der Waals surface area contributed by atoms with Gasteiger partial charge in [-0.1, -0.05) is 23.7 Å². The molecule has 2 N–H and O–H groups in total. The van der Waals surface area contributed by atoms with Crippen molar-refractivity contribution in [3.05, 3.63) is 58.6 Å². The molecule has 2 nitrogen and oxygen atoms in total. The van der Waals surface area contributed by atoms with Crippen LogP contribution in [0.1, 0.15) is 18.5 Å². The van der Waals surface area contributed by atoms with Crippen molar-refractivity contribution in [3.8, 4) is 11.5 Å². The van der Waals surface area contributed by atoms with E-state index in [-0.39, 0.29) is 17.5 Å². The van der Waals surface area contributed by atoms with Crippen LogP contribution in [-0.4, -0.2) is 0 Å². The van der Waals surface area contributed by atoms with Gasteiger partial charge in [-0.25, -0.2) is 4.39 Å². The zero-order valence-electron chi connectivity index (χ0n) is 10.2. The van der Waals surface area contributed by atoms with Gasteiger partial charge < -0.3 is 10.5 Å². The molecule has 0 saturated heterocycles. The second kappa shape index (κ2) is 5.55. The molecule has 0 aliphatic heterocycles. The van der Waals surface area contributed by atoms with Crippen molar-refractivity contribution >= 4 is 11.6 Å². The molecule has 0 bridgehead atoms. The number of hydrogen-bond donors (Lipinski definition) is 1. The Morgan fingerprint density at radius 2 is 1.89 bits per heavy atom. The van der Waals surface area contributed by atoms with Crippen LogP contribution in [0.15, 0.2) is 36.4 Å². The molecule has 2 aromatic carbocycles. The molecule has 0 spiro atoms. The smallest absolute Gasteiger partial charge is 0.201 e. The van der Waals surface area contributed by atoms with Gasteiger partial charge in [0.15, 0.2) is 11.6 Å². The van der Waals surface area contributed by atoms with E-state index in [1.54, 1.807) is 18.2 Å². The molecule has 0 radical (unpaired) electrons. The van der Waals surface area contributed by atoms with Crippen molar-refractivity contribution in [1.82, 2.24) is 0 Å². The molecule has 0 amide bonds. The summed E-state index contributed by atoms with van der Waals surface area (Å²) in [5.74, 6) is -1.98. The van der Waals surface area contributed by atoms with Gasteiger partial charge in [-0.15, -0.1) is 0 Å². The van der Waals surface area contributed by atoms with Crippen LogP contribution in [0.2, 0.25) is 5.02 Å². The van der Waals surface area contributed by atoms with E-state index in [0.717, 1.165) is 11.6 Å². The van der Waals surface area contributed by atoms with Gasteiger partial charge in [0.2, 0.25) is 5.82 Å². The van der Waals surface area contributed by atoms with E-state index >= 15 is 0 Å². The van der Waals surface area contributed by atoms with Gasteiger partial charge in [0.05, 0.1) is 5.02 Å². The van der Waals surface area contributed by atoms with E-state index in [1.807, 2.05) is 6.92 Å². The fourth-order valence-corrected chi connectivity index (χ4v) is 1.79. The van der Waals surface area contributed by atoms with E-state index < -0.39 is 11.6 Å². The highest BCUT2D eigenvalue weighted by molar-refractivity contribution is 6.32. The maximum absolute atomic E-state index is 13.5. The van der Waals surface area contributed by atoms with Gasteiger partial charge >= 0.3 is 0 Å². The maximum atomic E-state index is 13.5. The lowest BCUT2D eigenvalue weighted by atomic mass is 10.1. The Morgan fingerprint density at radius 3 is 2.53 bits per heavy atom. The van der Waals surface area contributed by atoms with Gasteiger partial charge in [0.25, 0.3) is 0 Å². The summed E-state index contributed by atoms with van der Waals surface area (Å²) in [6.07, 6.45) is 0. The highest BCUT2D eigenvalue weighted by atomic mass is 35.5. The zero-order valence-corrected chi connectivity index (χ0v) is 10.9. The van der Waals surface area contributed by atoms with Crippen molar-refractivity contribution in [2.24, 2.45) is 5.73 Å². The summed E-state index contributed by atoms with van der Waals surface area (Å²) in [6.45, 7) is 1.82. The first kappa shape index (κ1) is 13.8. The average molecular weight is 284 g/mol. The van der Waals surface area contributed by atoms with Gasteiger partial charge in [-0.2, -0.15) is 4.39 Å². The molecule has 0 saturated carbocycles. The molecule has 100 valence electrons. The van der Waals surface area contributed by atoms with Crippen molar-refractivity contribution < 1.29 is 13.5 Å². The molecule has 0 unspecified atom stereocenters. The summed E-state index contributed by atoms with van der Waals surface area (Å²) in [5, 5.41) is 0.290. The maximum Gasteiger partial charge on any atom is 0.201 e. The van der Waals surface area contributed by atoms with E-state index in [2.05, 4.69) is 0 Å². The Bertz CT molecular complexity index is 602. The van der Waals surface area contributed by atoms with E-state index in [4.69, 9.17) is 22.1 Å². The minimum atomic E-state index is -1.05. The van der Waals surface area contributed by atoms with Crippen LogP contribution in [0, 0.1) is 11.6 Å². The van der Waals surface area contributed by atoms with Gasteiger partial charge in [-0.3, -0.25) is 0 Å². The van der Waals surface area contributed by atoms with E-state index in [1.165, 1.54) is 12.1 Å². The average Bonchev–Trinajstić information content (AvgIpc) is 2.37. The van der Waals surface area contributed by atoms with Gasteiger partial charge in [0.1, 0.15) is 5.75 Å². The first-order valence-electron chi connectivity index (χ1n) is 5.66. The van der Waals surface area contributed by atoms with E-state index in [0.29, 0.717) is 5.02 Å². The molecule has 5 heteroatoms. The molecule has 19 heavy (non-hydrogen) atoms. The van der Waals surface area contributed by atoms with Crippen LogP contribution >= 0.6 is 11.6 Å². The first-order chi connectivity index (χ1) is 8.99. The molecule has 0 aliphatic carbocycles. The van der Waals surface area contributed by atoms with Crippen LogP contribution < -0.4 is 10.5 Å². The lowest BCUT2D eigenvalue weighted by molar-refractivity contribution is 0.416. The van der Waals surface area contributed by atoms with Crippen molar-refractivity contribution in [3.63, 3.8) is 0 Å². The van der Waals surface area contributed by atoms with Crippen LogP contribution in [0.25, 0.3) is 0 Å². The molecule has 0 heterocycles. The second-order valence-electron chi connectivity index (χ2n) is 4.13. The Morgan fingerprint density at radius 1 is 1.16 bits per heavy atom. The summed E-state index contributed by atoms with van der Waals surface area (Å²) >= 11 is 6.02. The molecule has 2 rings (SSSR count). The van der Waals surface area contributed by atoms with Crippen molar-refractivity contribution in [2.45, 2.75) is 13.0 Å². The summed E-state index contributed by atoms with van der Waals surface area (Å²) in [4.78, 5) is 0. The molecular weight excluding hydrogens is 272 g/mol. The third-order valence-corrected chi connectivity index (χ3v) is 2.91. The molecule has 1 atom stereocenters. The Hall–Kier alpha value is -1.65. The Balaban J connectivity index is 2.31. The minimum Gasteiger partial charge on any atom is -0.453 e. The highest BCUT2D eigenvalue weighted by Gasteiger charge is 2.12. The van der Waals surface area contributed by atoms with Crippen LogP contribution in [-0.2, 0) is 0 Å². The normalized spacial score (nSPS) is 12.3. The minimum absolute atomic E-state index is 0.169. The number of benzene rings is 2. The fraction of sp³-hybridized carbons (Fsp3) is 0.143. The van der Waals surface area contributed by atoms with Crippen LogP contribution in [0.4, 0.5) is 8.78 Å². The predicted molar refractivity (Wildman–Crippen MR) is 70.5 cm³/mol. The molecule has 0 fully saturated rings. The molecule has 2 aromatic rings. The lowest BCUT2D eigenvalue weighted by Crippen LogP contribution is -2.04. The number of nitrogens with two attached hydrogens (primary N) is 1. The number of hydrogen-bond acceptors (Lipinski definition) is 2. The summed E-state index contributed by atoms with van der Waals surface area (Å²) < 4.78 is 31.8. The van der Waals surface area contributed by atoms with Gasteiger partial charge in [0, 0.05) is 6.04 Å². The second-order valence-corrected chi connectivity index (χ2v) is 4.54. The predicted octanol–water partition coefficient (Wildman–Crippen LogP) is 4.43. The third-order valence-electron chi connectivity index (χ3n) is 2.62. The number of rotatable bonds is 3. The number of ether oxygens (including phenoxy) is 1. The molecule has 0 aromatic heterocycles. The largest absolute Gasteiger partial charge is 0.453 e. The monoisotopic (exact) mass is 283 g/mol. The quantitative estimate of drug-likeness (QED) is 0.904. The standard InChI is InChI=1S/C14H12ClF2NO/c1-8(18)9-5-6-12(10(15)7-9)19-13-4-2-3-11(16)14(13)17/h2-8H,18H2,1H3/t8-/m0/s1. The van der Waals surface area contributed by atoms with Crippen LogP contribution in [0.3, 0.4) is 0 Å². The summed E-state index contributed by atoms with van der Waals surface area (Å²) in [5.41, 5.74) is 6.55. The van der Waals surface area contributed by atoms with Gasteiger partial charge in [-0.05, 0) is 36.8 Å². The van der Waals surface area contributed by atoms with E-state index in [9.17, 15) is 8.78 Å². The lowest BCUT2D eigenvalue weighted by Gasteiger charge is -2.11.